The molecule has 0 aliphatic carbocycles. The molecular weight excluding hydrogens is 232 g/mol. The van der Waals surface area contributed by atoms with Gasteiger partial charge in [-0.15, -0.1) is 0 Å². The first-order valence-electron chi connectivity index (χ1n) is 6.24. The highest BCUT2D eigenvalue weighted by Gasteiger charge is 2.18. The quantitative estimate of drug-likeness (QED) is 0.659. The van der Waals surface area contributed by atoms with E-state index in [2.05, 4.69) is 5.32 Å². The number of nitrogens with one attached hydrogen (secondary N) is 1. The lowest BCUT2D eigenvalue weighted by molar-refractivity contribution is -0.384. The second-order valence-electron chi connectivity index (χ2n) is 4.66. The summed E-state index contributed by atoms with van der Waals surface area (Å²) in [7, 11) is 0. The lowest BCUT2D eigenvalue weighted by Crippen LogP contribution is -2.22. The molecular formula is C13H18N2O3. The number of anilines is 1. The summed E-state index contributed by atoms with van der Waals surface area (Å²) in [4.78, 5) is 10.7. The minimum absolute atomic E-state index is 0.185. The summed E-state index contributed by atoms with van der Waals surface area (Å²) in [5.74, 6) is 0.541. The number of benzene rings is 1. The molecule has 5 nitrogen and oxygen atoms in total. The van der Waals surface area contributed by atoms with Gasteiger partial charge in [-0.2, -0.15) is 0 Å². The second-order valence-corrected chi connectivity index (χ2v) is 4.66. The predicted octanol–water partition coefficient (Wildman–Crippen LogP) is 2.74. The number of ether oxygens (including phenoxy) is 1. The molecule has 1 heterocycles. The Balaban J connectivity index is 2.04. The summed E-state index contributed by atoms with van der Waals surface area (Å²) in [6.45, 7) is 4.12. The smallest absolute Gasteiger partial charge is 0.295 e. The predicted molar refractivity (Wildman–Crippen MR) is 69.9 cm³/mol. The first-order chi connectivity index (χ1) is 8.68. The molecule has 0 atom stereocenters. The van der Waals surface area contributed by atoms with E-state index in [1.54, 1.807) is 19.1 Å². The van der Waals surface area contributed by atoms with Gasteiger partial charge >= 0.3 is 0 Å². The molecule has 0 radical (unpaired) electrons. The minimum Gasteiger partial charge on any atom is -0.381 e. The van der Waals surface area contributed by atoms with E-state index in [4.69, 9.17) is 4.74 Å². The molecule has 0 saturated carbocycles. The molecule has 2 rings (SSSR count). The average Bonchev–Trinajstić information content (AvgIpc) is 2.37. The van der Waals surface area contributed by atoms with E-state index in [-0.39, 0.29) is 10.6 Å². The summed E-state index contributed by atoms with van der Waals surface area (Å²) >= 11 is 0. The summed E-state index contributed by atoms with van der Waals surface area (Å²) in [6.07, 6.45) is 2.04. The van der Waals surface area contributed by atoms with Gasteiger partial charge in [-0.3, -0.25) is 10.1 Å². The van der Waals surface area contributed by atoms with Gasteiger partial charge in [0.05, 0.1) is 4.92 Å². The van der Waals surface area contributed by atoms with Crippen molar-refractivity contribution in [3.05, 3.63) is 33.9 Å². The van der Waals surface area contributed by atoms with Crippen molar-refractivity contribution in [3.8, 4) is 0 Å². The van der Waals surface area contributed by atoms with E-state index in [1.807, 2.05) is 6.07 Å². The van der Waals surface area contributed by atoms with Crippen molar-refractivity contribution in [2.24, 2.45) is 5.92 Å². The molecule has 1 aliphatic heterocycles. The molecule has 0 spiro atoms. The van der Waals surface area contributed by atoms with Crippen molar-refractivity contribution in [2.75, 3.05) is 25.1 Å². The van der Waals surface area contributed by atoms with E-state index < -0.39 is 0 Å². The number of rotatable bonds is 4. The van der Waals surface area contributed by atoms with Crippen molar-refractivity contribution in [2.45, 2.75) is 19.8 Å². The number of para-hydroxylation sites is 1. The summed E-state index contributed by atoms with van der Waals surface area (Å²) in [5.41, 5.74) is 1.49. The molecule has 0 unspecified atom stereocenters. The van der Waals surface area contributed by atoms with Gasteiger partial charge < -0.3 is 10.1 Å². The van der Waals surface area contributed by atoms with Gasteiger partial charge in [0.25, 0.3) is 5.69 Å². The van der Waals surface area contributed by atoms with Crippen LogP contribution in [0.2, 0.25) is 0 Å². The van der Waals surface area contributed by atoms with E-state index in [0.29, 0.717) is 17.2 Å². The Morgan fingerprint density at radius 3 is 2.83 bits per heavy atom. The monoisotopic (exact) mass is 250 g/mol. The third-order valence-electron chi connectivity index (χ3n) is 3.34. The van der Waals surface area contributed by atoms with Gasteiger partial charge in [0.1, 0.15) is 5.69 Å². The highest BCUT2D eigenvalue weighted by Crippen LogP contribution is 2.28. The topological polar surface area (TPSA) is 64.4 Å². The van der Waals surface area contributed by atoms with Crippen molar-refractivity contribution >= 4 is 11.4 Å². The zero-order valence-corrected chi connectivity index (χ0v) is 10.5. The summed E-state index contributed by atoms with van der Waals surface area (Å²) in [6, 6.07) is 5.37. The Labute approximate surface area is 106 Å². The Kier molecular flexibility index (Phi) is 4.15. The fraction of sp³-hybridized carbons (Fsp3) is 0.538. The molecule has 1 N–H and O–H groups in total. The fourth-order valence-corrected chi connectivity index (χ4v) is 2.25. The van der Waals surface area contributed by atoms with Gasteiger partial charge in [0, 0.05) is 25.3 Å². The van der Waals surface area contributed by atoms with Crippen molar-refractivity contribution in [3.63, 3.8) is 0 Å². The number of hydrogen-bond donors (Lipinski definition) is 1. The van der Waals surface area contributed by atoms with Crippen molar-refractivity contribution in [1.29, 1.82) is 0 Å². The number of aryl methyl sites for hydroxylation is 1. The van der Waals surface area contributed by atoms with Crippen LogP contribution in [0.4, 0.5) is 11.4 Å². The zero-order chi connectivity index (χ0) is 13.0. The third-order valence-corrected chi connectivity index (χ3v) is 3.34. The molecule has 5 heteroatoms. The molecule has 98 valence electrons. The molecule has 1 saturated heterocycles. The SMILES string of the molecule is Cc1cccc(NCC2CCOCC2)c1[N+](=O)[O-]. The molecule has 0 amide bonds. The number of nitrogens with zero attached hydrogens (tertiary/aromatic N) is 1. The van der Waals surface area contributed by atoms with Crippen LogP contribution in [-0.4, -0.2) is 24.7 Å². The lowest BCUT2D eigenvalue weighted by atomic mass is 10.0. The Morgan fingerprint density at radius 1 is 1.44 bits per heavy atom. The van der Waals surface area contributed by atoms with Crippen LogP contribution >= 0.6 is 0 Å². The number of hydrogen-bond acceptors (Lipinski definition) is 4. The van der Waals surface area contributed by atoms with Crippen molar-refractivity contribution in [1.82, 2.24) is 0 Å². The van der Waals surface area contributed by atoms with Crippen LogP contribution in [0.15, 0.2) is 18.2 Å². The van der Waals surface area contributed by atoms with E-state index in [1.165, 1.54) is 0 Å². The molecule has 0 bridgehead atoms. The molecule has 0 aromatic heterocycles. The van der Waals surface area contributed by atoms with Gasteiger partial charge in [0.15, 0.2) is 0 Å². The normalized spacial score (nSPS) is 16.5. The standard InChI is InChI=1S/C13H18N2O3/c1-10-3-2-4-12(13(10)15(16)17)14-9-11-5-7-18-8-6-11/h2-4,11,14H,5-9H2,1H3. The van der Waals surface area contributed by atoms with Gasteiger partial charge in [-0.1, -0.05) is 12.1 Å². The van der Waals surface area contributed by atoms with Crippen LogP contribution in [0, 0.1) is 23.0 Å². The summed E-state index contributed by atoms with van der Waals surface area (Å²) < 4.78 is 5.30. The zero-order valence-electron chi connectivity index (χ0n) is 10.5. The van der Waals surface area contributed by atoms with Gasteiger partial charge in [-0.25, -0.2) is 0 Å². The van der Waals surface area contributed by atoms with Crippen LogP contribution in [-0.2, 0) is 4.74 Å². The van der Waals surface area contributed by atoms with Crippen LogP contribution in [0.25, 0.3) is 0 Å². The van der Waals surface area contributed by atoms with Gasteiger partial charge in [-0.05, 0) is 31.7 Å². The third kappa shape index (κ3) is 2.98. The number of nitro groups is 1. The van der Waals surface area contributed by atoms with Gasteiger partial charge in [0.2, 0.25) is 0 Å². The first-order valence-corrected chi connectivity index (χ1v) is 6.24. The Bertz CT molecular complexity index is 428. The van der Waals surface area contributed by atoms with Crippen LogP contribution in [0.1, 0.15) is 18.4 Å². The second kappa shape index (κ2) is 5.82. The first kappa shape index (κ1) is 12.8. The molecule has 1 aromatic rings. The average molecular weight is 250 g/mol. The fourth-order valence-electron chi connectivity index (χ4n) is 2.25. The maximum absolute atomic E-state index is 11.0. The molecule has 1 aromatic carbocycles. The minimum atomic E-state index is -0.318. The highest BCUT2D eigenvalue weighted by molar-refractivity contribution is 5.64. The highest BCUT2D eigenvalue weighted by atomic mass is 16.6. The number of nitro benzene ring substituents is 1. The molecule has 1 aliphatic rings. The van der Waals surface area contributed by atoms with Crippen LogP contribution in [0.3, 0.4) is 0 Å². The largest absolute Gasteiger partial charge is 0.381 e. The maximum Gasteiger partial charge on any atom is 0.295 e. The van der Waals surface area contributed by atoms with E-state index in [9.17, 15) is 10.1 Å². The Hall–Kier alpha value is -1.62. The summed E-state index contributed by atoms with van der Waals surface area (Å²) in [5, 5.41) is 14.2. The lowest BCUT2D eigenvalue weighted by Gasteiger charge is -2.22. The Morgan fingerprint density at radius 2 is 2.17 bits per heavy atom. The van der Waals surface area contributed by atoms with E-state index in [0.717, 1.165) is 32.6 Å². The maximum atomic E-state index is 11.0. The van der Waals surface area contributed by atoms with E-state index >= 15 is 0 Å². The van der Waals surface area contributed by atoms with Crippen molar-refractivity contribution < 1.29 is 9.66 Å². The van der Waals surface area contributed by atoms with Crippen LogP contribution in [0.5, 0.6) is 0 Å². The molecule has 1 fully saturated rings. The molecule has 18 heavy (non-hydrogen) atoms. The van der Waals surface area contributed by atoms with Crippen LogP contribution < -0.4 is 5.32 Å².